The molecule has 19 heavy (non-hydrogen) atoms. The van der Waals surface area contributed by atoms with Crippen LogP contribution in [-0.4, -0.2) is 13.2 Å². The van der Waals surface area contributed by atoms with Crippen molar-refractivity contribution < 1.29 is 18.3 Å². The van der Waals surface area contributed by atoms with Gasteiger partial charge in [0, 0.05) is 11.6 Å². The molecule has 0 spiro atoms. The number of aryl methyl sites for hydroxylation is 1. The normalized spacial score (nSPS) is 13.4. The minimum atomic E-state index is -0.400. The lowest BCUT2D eigenvalue weighted by atomic mass is 9.99. The number of benzene rings is 2. The fourth-order valence-electron chi connectivity index (χ4n) is 2.25. The molecule has 3 rings (SSSR count). The van der Waals surface area contributed by atoms with Crippen molar-refractivity contribution in [2.24, 2.45) is 0 Å². The molecule has 0 aromatic heterocycles. The molecule has 0 atom stereocenters. The van der Waals surface area contributed by atoms with Gasteiger partial charge in [-0.05, 0) is 36.2 Å². The van der Waals surface area contributed by atoms with E-state index in [1.165, 1.54) is 24.3 Å². The highest BCUT2D eigenvalue weighted by molar-refractivity contribution is 5.76. The lowest BCUT2D eigenvalue weighted by molar-refractivity contribution is 0.171. The molecule has 2 aromatic rings. The molecule has 0 fully saturated rings. The fraction of sp³-hybridized carbons (Fsp3) is 0.200. The molecule has 1 aliphatic rings. The third kappa shape index (κ3) is 2.14. The zero-order valence-electron chi connectivity index (χ0n) is 10.4. The fourth-order valence-corrected chi connectivity index (χ4v) is 2.25. The van der Waals surface area contributed by atoms with Gasteiger partial charge in [0.25, 0.3) is 0 Å². The summed E-state index contributed by atoms with van der Waals surface area (Å²) in [5.74, 6) is 0.194. The van der Waals surface area contributed by atoms with E-state index in [4.69, 9.17) is 9.47 Å². The predicted octanol–water partition coefficient (Wildman–Crippen LogP) is 3.71. The average molecular weight is 262 g/mol. The van der Waals surface area contributed by atoms with Crippen LogP contribution in [0.3, 0.4) is 0 Å². The van der Waals surface area contributed by atoms with Gasteiger partial charge in [-0.1, -0.05) is 6.07 Å². The molecule has 98 valence electrons. The van der Waals surface area contributed by atoms with E-state index >= 15 is 0 Å². The van der Waals surface area contributed by atoms with Crippen molar-refractivity contribution in [3.8, 4) is 22.6 Å². The van der Waals surface area contributed by atoms with Crippen LogP contribution in [0.25, 0.3) is 11.1 Å². The van der Waals surface area contributed by atoms with Crippen LogP contribution in [0.1, 0.15) is 5.56 Å². The summed E-state index contributed by atoms with van der Waals surface area (Å²) in [4.78, 5) is 0. The van der Waals surface area contributed by atoms with Crippen LogP contribution in [0.15, 0.2) is 30.3 Å². The van der Waals surface area contributed by atoms with E-state index in [2.05, 4.69) is 0 Å². The van der Waals surface area contributed by atoms with Gasteiger partial charge in [0.15, 0.2) is 11.5 Å². The first-order valence-corrected chi connectivity index (χ1v) is 6.01. The molecule has 0 bridgehead atoms. The number of fused-ring (bicyclic) bond motifs is 1. The number of ether oxygens (including phenoxy) is 2. The van der Waals surface area contributed by atoms with Crippen molar-refractivity contribution in [3.63, 3.8) is 0 Å². The quantitative estimate of drug-likeness (QED) is 0.780. The van der Waals surface area contributed by atoms with Crippen molar-refractivity contribution >= 4 is 0 Å². The van der Waals surface area contributed by atoms with Gasteiger partial charge < -0.3 is 9.47 Å². The molecule has 4 heteroatoms. The van der Waals surface area contributed by atoms with Crippen LogP contribution < -0.4 is 9.47 Å². The third-order valence-electron chi connectivity index (χ3n) is 3.09. The Morgan fingerprint density at radius 2 is 1.68 bits per heavy atom. The van der Waals surface area contributed by atoms with Gasteiger partial charge in [0.2, 0.25) is 0 Å². The van der Waals surface area contributed by atoms with Crippen molar-refractivity contribution in [1.82, 2.24) is 0 Å². The maximum Gasteiger partial charge on any atom is 0.169 e. The topological polar surface area (TPSA) is 18.5 Å². The maximum atomic E-state index is 13.6. The molecule has 0 unspecified atom stereocenters. The van der Waals surface area contributed by atoms with Crippen molar-refractivity contribution in [2.75, 3.05) is 13.2 Å². The number of rotatable bonds is 1. The Hall–Kier alpha value is -2.10. The van der Waals surface area contributed by atoms with Crippen molar-refractivity contribution in [1.29, 1.82) is 0 Å². The molecule has 0 saturated heterocycles. The minimum Gasteiger partial charge on any atom is -0.486 e. The summed E-state index contributed by atoms with van der Waals surface area (Å²) in [5, 5.41) is 0. The Balaban J connectivity index is 2.21. The minimum absolute atomic E-state index is 0.316. The van der Waals surface area contributed by atoms with Crippen molar-refractivity contribution in [2.45, 2.75) is 6.92 Å². The van der Waals surface area contributed by atoms with E-state index in [-0.39, 0.29) is 5.82 Å². The standard InChI is InChI=1S/C15H12F2O2/c1-9-6-10(16)2-3-12(9)13-7-11(17)8-14-15(13)19-5-4-18-14/h2-3,6-8H,4-5H2,1H3. The van der Waals surface area contributed by atoms with Gasteiger partial charge in [-0.25, -0.2) is 8.78 Å². The summed E-state index contributed by atoms with van der Waals surface area (Å²) in [7, 11) is 0. The summed E-state index contributed by atoms with van der Waals surface area (Å²) >= 11 is 0. The number of halogens is 2. The Labute approximate surface area is 109 Å². The molecule has 0 aliphatic carbocycles. The van der Waals surface area contributed by atoms with E-state index < -0.39 is 5.82 Å². The summed E-state index contributed by atoms with van der Waals surface area (Å²) in [6.07, 6.45) is 0. The molecule has 2 aromatic carbocycles. The first kappa shape index (κ1) is 12.0. The largest absolute Gasteiger partial charge is 0.486 e. The third-order valence-corrected chi connectivity index (χ3v) is 3.09. The highest BCUT2D eigenvalue weighted by Gasteiger charge is 2.20. The number of hydrogen-bond donors (Lipinski definition) is 0. The van der Waals surface area contributed by atoms with E-state index in [1.807, 2.05) is 0 Å². The van der Waals surface area contributed by atoms with Crippen LogP contribution in [0.5, 0.6) is 11.5 Å². The average Bonchev–Trinajstić information content (AvgIpc) is 2.38. The second-order valence-electron chi connectivity index (χ2n) is 4.44. The van der Waals surface area contributed by atoms with Crippen LogP contribution in [0.2, 0.25) is 0 Å². The molecular formula is C15H12F2O2. The summed E-state index contributed by atoms with van der Waals surface area (Å²) < 4.78 is 37.7. The van der Waals surface area contributed by atoms with Crippen molar-refractivity contribution in [3.05, 3.63) is 47.5 Å². The summed E-state index contributed by atoms with van der Waals surface area (Å²) in [6, 6.07) is 7.07. The smallest absolute Gasteiger partial charge is 0.169 e. The predicted molar refractivity (Wildman–Crippen MR) is 67.5 cm³/mol. The lowest BCUT2D eigenvalue weighted by Gasteiger charge is -2.22. The summed E-state index contributed by atoms with van der Waals surface area (Å²) in [6.45, 7) is 2.60. The van der Waals surface area contributed by atoms with Crippen LogP contribution >= 0.6 is 0 Å². The van der Waals surface area contributed by atoms with Gasteiger partial charge in [0.1, 0.15) is 24.8 Å². The zero-order chi connectivity index (χ0) is 13.4. The molecule has 2 nitrogen and oxygen atoms in total. The SMILES string of the molecule is Cc1cc(F)ccc1-c1cc(F)cc2c1OCCO2. The second-order valence-corrected chi connectivity index (χ2v) is 4.44. The zero-order valence-corrected chi connectivity index (χ0v) is 10.4. The van der Waals surface area contributed by atoms with E-state index in [1.54, 1.807) is 13.0 Å². The van der Waals surface area contributed by atoms with Crippen LogP contribution in [0.4, 0.5) is 8.78 Å². The Kier molecular flexibility index (Phi) is 2.85. The molecule has 1 aliphatic heterocycles. The monoisotopic (exact) mass is 262 g/mol. The van der Waals surface area contributed by atoms with E-state index in [0.29, 0.717) is 30.3 Å². The van der Waals surface area contributed by atoms with Gasteiger partial charge >= 0.3 is 0 Å². The van der Waals surface area contributed by atoms with Gasteiger partial charge in [-0.2, -0.15) is 0 Å². The van der Waals surface area contributed by atoms with E-state index in [0.717, 1.165) is 11.1 Å². The first-order valence-electron chi connectivity index (χ1n) is 6.01. The highest BCUT2D eigenvalue weighted by atomic mass is 19.1. The van der Waals surface area contributed by atoms with Gasteiger partial charge in [-0.15, -0.1) is 0 Å². The van der Waals surface area contributed by atoms with Gasteiger partial charge in [-0.3, -0.25) is 0 Å². The molecular weight excluding hydrogens is 250 g/mol. The Bertz CT molecular complexity index is 638. The van der Waals surface area contributed by atoms with E-state index in [9.17, 15) is 8.78 Å². The summed E-state index contributed by atoms with van der Waals surface area (Å²) in [5.41, 5.74) is 2.05. The van der Waals surface area contributed by atoms with Gasteiger partial charge in [0.05, 0.1) is 0 Å². The maximum absolute atomic E-state index is 13.6. The Morgan fingerprint density at radius 3 is 2.47 bits per heavy atom. The second kappa shape index (κ2) is 4.53. The van der Waals surface area contributed by atoms with Crippen LogP contribution in [-0.2, 0) is 0 Å². The molecule has 1 heterocycles. The number of hydrogen-bond acceptors (Lipinski definition) is 2. The lowest BCUT2D eigenvalue weighted by Crippen LogP contribution is -2.16. The molecule has 0 amide bonds. The molecule has 0 N–H and O–H groups in total. The molecule has 0 radical (unpaired) electrons. The Morgan fingerprint density at radius 1 is 0.895 bits per heavy atom. The molecule has 0 saturated carbocycles. The van der Waals surface area contributed by atoms with Crippen LogP contribution in [0, 0.1) is 18.6 Å². The first-order chi connectivity index (χ1) is 9.15. The highest BCUT2D eigenvalue weighted by Crippen LogP contribution is 2.41.